The van der Waals surface area contributed by atoms with Crippen LogP contribution in [0.5, 0.6) is 0 Å². The van der Waals surface area contributed by atoms with Crippen LogP contribution in [-0.4, -0.2) is 59.5 Å². The summed E-state index contributed by atoms with van der Waals surface area (Å²) in [7, 11) is 2.94. The highest BCUT2D eigenvalue weighted by atomic mass is 19.1. The van der Waals surface area contributed by atoms with Gasteiger partial charge in [0.25, 0.3) is 11.5 Å². The predicted molar refractivity (Wildman–Crippen MR) is 157 cm³/mol. The lowest BCUT2D eigenvalue weighted by Crippen LogP contribution is -2.33. The van der Waals surface area contributed by atoms with Crippen LogP contribution < -0.4 is 21.1 Å². The number of nitrogens with one attached hydrogen (secondary N) is 2. The van der Waals surface area contributed by atoms with Gasteiger partial charge in [-0.2, -0.15) is 0 Å². The van der Waals surface area contributed by atoms with Gasteiger partial charge in [0, 0.05) is 38.4 Å². The van der Waals surface area contributed by atoms with Crippen molar-refractivity contribution < 1.29 is 23.9 Å². The van der Waals surface area contributed by atoms with Crippen molar-refractivity contribution in [1.29, 1.82) is 0 Å². The molecule has 0 saturated carbocycles. The zero-order valence-electron chi connectivity index (χ0n) is 23.9. The fraction of sp³-hybridized carbons (Fsp3) is 0.333. The summed E-state index contributed by atoms with van der Waals surface area (Å²) in [6.07, 6.45) is 2.46. The van der Waals surface area contributed by atoms with Gasteiger partial charge >= 0.3 is 0 Å². The summed E-state index contributed by atoms with van der Waals surface area (Å²) in [5.74, 6) is -0.975. The van der Waals surface area contributed by atoms with E-state index in [-0.39, 0.29) is 34.4 Å². The van der Waals surface area contributed by atoms with Crippen molar-refractivity contribution in [2.75, 3.05) is 30.4 Å². The lowest BCUT2D eigenvalue weighted by Gasteiger charge is -2.26. The summed E-state index contributed by atoms with van der Waals surface area (Å²) < 4.78 is 16.0. The Morgan fingerprint density at radius 2 is 1.93 bits per heavy atom. The third kappa shape index (κ3) is 6.98. The van der Waals surface area contributed by atoms with E-state index in [1.54, 1.807) is 42.2 Å². The van der Waals surface area contributed by atoms with Crippen molar-refractivity contribution in [3.63, 3.8) is 0 Å². The zero-order valence-corrected chi connectivity index (χ0v) is 23.9. The van der Waals surface area contributed by atoms with E-state index in [0.717, 1.165) is 24.0 Å². The number of likely N-dealkylation sites (tertiary alicyclic amines) is 1. The fourth-order valence-electron chi connectivity index (χ4n) is 4.60. The number of hydrogen-bond acceptors (Lipinski definition) is 6. The second-order valence-electron chi connectivity index (χ2n) is 9.79. The Kier molecular flexibility index (Phi) is 10.4. The standard InChI is InChI=1S/C25H27FN4O3.C5H9NO2/c1-6-17-10-11-20(19(26)13-17)28-23-21(24(32)27-4)22(16(3)25(33)29(23)5)30(14-31)18-9-7-8-15(2)12-18;7-4-6-2-1-5(8)3-6/h7-14,28H,6H2,1-5H3,(H,27,32);4-5,8H,1-3H2. The molecule has 3 aromatic rings. The van der Waals surface area contributed by atoms with E-state index >= 15 is 0 Å². The van der Waals surface area contributed by atoms with Gasteiger partial charge in [-0.1, -0.05) is 25.1 Å². The molecule has 1 saturated heterocycles. The second-order valence-corrected chi connectivity index (χ2v) is 9.79. The molecule has 1 aliphatic rings. The number of amides is 3. The highest BCUT2D eigenvalue weighted by Crippen LogP contribution is 2.35. The monoisotopic (exact) mass is 565 g/mol. The van der Waals surface area contributed by atoms with Gasteiger partial charge in [-0.3, -0.25) is 28.6 Å². The van der Waals surface area contributed by atoms with Crippen molar-refractivity contribution >= 4 is 41.6 Å². The third-order valence-electron chi connectivity index (χ3n) is 6.91. The van der Waals surface area contributed by atoms with Gasteiger partial charge in [0.05, 0.1) is 17.5 Å². The largest absolute Gasteiger partial charge is 0.391 e. The highest BCUT2D eigenvalue weighted by molar-refractivity contribution is 6.08. The molecule has 1 aromatic heterocycles. The molecule has 0 radical (unpaired) electrons. The number of β-amino-alcohol motifs (C(OH)–C–C–N with tert-alkyl or cyclic N) is 1. The number of anilines is 4. The van der Waals surface area contributed by atoms with E-state index < -0.39 is 17.3 Å². The van der Waals surface area contributed by atoms with E-state index in [0.29, 0.717) is 31.6 Å². The Hall–Kier alpha value is -4.51. The van der Waals surface area contributed by atoms with Gasteiger partial charge in [-0.25, -0.2) is 4.39 Å². The average Bonchev–Trinajstić information content (AvgIpc) is 3.40. The average molecular weight is 566 g/mol. The summed E-state index contributed by atoms with van der Waals surface area (Å²) in [6, 6.07) is 11.9. The van der Waals surface area contributed by atoms with Gasteiger partial charge in [-0.15, -0.1) is 0 Å². The number of hydrogen-bond donors (Lipinski definition) is 3. The minimum absolute atomic E-state index is 0.0460. The Labute approximate surface area is 238 Å². The molecule has 3 N–H and O–H groups in total. The van der Waals surface area contributed by atoms with Gasteiger partial charge in [-0.05, 0) is 62.1 Å². The van der Waals surface area contributed by atoms with Gasteiger partial charge in [0.15, 0.2) is 0 Å². The molecular weight excluding hydrogens is 529 g/mol. The molecule has 1 fully saturated rings. The first-order valence-corrected chi connectivity index (χ1v) is 13.3. The Morgan fingerprint density at radius 1 is 1.20 bits per heavy atom. The number of pyridine rings is 1. The quantitative estimate of drug-likeness (QED) is 0.360. The molecule has 41 heavy (non-hydrogen) atoms. The fourth-order valence-corrected chi connectivity index (χ4v) is 4.60. The maximum absolute atomic E-state index is 14.8. The van der Waals surface area contributed by atoms with Crippen molar-refractivity contribution in [2.24, 2.45) is 7.05 Å². The predicted octanol–water partition coefficient (Wildman–Crippen LogP) is 3.31. The Morgan fingerprint density at radius 3 is 2.44 bits per heavy atom. The molecule has 1 unspecified atom stereocenters. The van der Waals surface area contributed by atoms with Crippen LogP contribution in [0, 0.1) is 19.7 Å². The van der Waals surface area contributed by atoms with Crippen LogP contribution >= 0.6 is 0 Å². The van der Waals surface area contributed by atoms with E-state index in [1.807, 2.05) is 19.9 Å². The maximum atomic E-state index is 14.8. The van der Waals surface area contributed by atoms with Crippen LogP contribution in [0.4, 0.5) is 27.3 Å². The number of benzene rings is 2. The highest BCUT2D eigenvalue weighted by Gasteiger charge is 2.28. The number of aryl methyl sites for hydroxylation is 2. The SMILES string of the molecule is CCc1ccc(Nc2c(C(=O)NC)c(N(C=O)c3cccc(C)c3)c(C)c(=O)n2C)c(F)c1.O=CN1CCC(O)C1. The van der Waals surface area contributed by atoms with Crippen LogP contribution in [0.3, 0.4) is 0 Å². The number of aliphatic hydroxyl groups is 1. The lowest BCUT2D eigenvalue weighted by atomic mass is 10.1. The number of aliphatic hydroxyl groups excluding tert-OH is 1. The Balaban J connectivity index is 0.000000496. The van der Waals surface area contributed by atoms with Gasteiger partial charge in [0.1, 0.15) is 17.2 Å². The second kappa shape index (κ2) is 13.7. The van der Waals surface area contributed by atoms with Crippen LogP contribution in [0.1, 0.15) is 40.4 Å². The molecule has 0 spiro atoms. The van der Waals surface area contributed by atoms with Gasteiger partial charge < -0.3 is 20.6 Å². The molecule has 3 amide bonds. The molecule has 0 bridgehead atoms. The molecule has 4 rings (SSSR count). The first kappa shape index (κ1) is 31.0. The number of carbonyl (C=O) groups is 3. The number of rotatable bonds is 8. The van der Waals surface area contributed by atoms with Crippen LogP contribution in [-0.2, 0) is 23.1 Å². The summed E-state index contributed by atoms with van der Waals surface area (Å²) >= 11 is 0. The molecule has 2 heterocycles. The molecule has 11 heteroatoms. The van der Waals surface area contributed by atoms with Gasteiger partial charge in [0.2, 0.25) is 12.8 Å². The molecule has 2 aromatic carbocycles. The van der Waals surface area contributed by atoms with E-state index in [9.17, 15) is 23.6 Å². The lowest BCUT2D eigenvalue weighted by molar-refractivity contribution is -0.117. The zero-order chi connectivity index (χ0) is 30.3. The number of nitrogens with zero attached hydrogens (tertiary/aromatic N) is 3. The van der Waals surface area contributed by atoms with Crippen LogP contribution in [0.15, 0.2) is 47.3 Å². The van der Waals surface area contributed by atoms with E-state index in [2.05, 4.69) is 10.6 Å². The van der Waals surface area contributed by atoms with E-state index in [1.165, 1.54) is 29.6 Å². The van der Waals surface area contributed by atoms with Crippen molar-refractivity contribution in [2.45, 2.75) is 39.7 Å². The first-order chi connectivity index (χ1) is 19.6. The first-order valence-electron chi connectivity index (χ1n) is 13.3. The smallest absolute Gasteiger partial charge is 0.256 e. The normalized spacial score (nSPS) is 14.1. The topological polar surface area (TPSA) is 124 Å². The van der Waals surface area contributed by atoms with Crippen LogP contribution in [0.2, 0.25) is 0 Å². The molecule has 1 aliphatic heterocycles. The summed E-state index contributed by atoms with van der Waals surface area (Å²) in [5, 5.41) is 14.3. The molecule has 1 atom stereocenters. The number of halogens is 1. The van der Waals surface area contributed by atoms with Crippen molar-refractivity contribution in [1.82, 2.24) is 14.8 Å². The summed E-state index contributed by atoms with van der Waals surface area (Å²) in [6.45, 7) is 6.57. The molecule has 0 aliphatic carbocycles. The molecule has 218 valence electrons. The van der Waals surface area contributed by atoms with Crippen LogP contribution in [0.25, 0.3) is 0 Å². The summed E-state index contributed by atoms with van der Waals surface area (Å²) in [5.41, 5.74) is 2.28. The Bertz CT molecular complexity index is 1490. The number of aromatic nitrogens is 1. The molecule has 10 nitrogen and oxygen atoms in total. The minimum Gasteiger partial charge on any atom is -0.391 e. The maximum Gasteiger partial charge on any atom is 0.256 e. The minimum atomic E-state index is -0.531. The number of carbonyl (C=O) groups excluding carboxylic acids is 3. The van der Waals surface area contributed by atoms with Crippen molar-refractivity contribution in [3.05, 3.63) is 80.9 Å². The van der Waals surface area contributed by atoms with Crippen molar-refractivity contribution in [3.8, 4) is 0 Å². The third-order valence-corrected chi connectivity index (χ3v) is 6.91. The summed E-state index contributed by atoms with van der Waals surface area (Å²) in [4.78, 5) is 51.2. The van der Waals surface area contributed by atoms with E-state index in [4.69, 9.17) is 5.11 Å². The molecular formula is C30H36FN5O5.